The maximum atomic E-state index is 12.0. The molecule has 0 aromatic heterocycles. The summed E-state index contributed by atoms with van der Waals surface area (Å²) in [5.41, 5.74) is 2.57. The quantitative estimate of drug-likeness (QED) is 0.866. The first-order valence-corrected chi connectivity index (χ1v) is 7.69. The summed E-state index contributed by atoms with van der Waals surface area (Å²) in [4.78, 5) is 12.0. The molecular weight excluding hydrogens is 248 g/mol. The van der Waals surface area contributed by atoms with Gasteiger partial charge in [0, 0.05) is 13.0 Å². The second kappa shape index (κ2) is 7.44. The van der Waals surface area contributed by atoms with E-state index in [9.17, 15) is 4.79 Å². The third-order valence-corrected chi connectivity index (χ3v) is 4.15. The van der Waals surface area contributed by atoms with Crippen molar-refractivity contribution in [3.05, 3.63) is 35.4 Å². The molecule has 110 valence electrons. The second-order valence-electron chi connectivity index (χ2n) is 6.02. The number of carbonyl (C=O) groups excluding carboxylic acids is 1. The summed E-state index contributed by atoms with van der Waals surface area (Å²) in [5.74, 6) is 1.13. The molecule has 1 aliphatic heterocycles. The fraction of sp³-hybridized carbons (Fsp3) is 0.588. The van der Waals surface area contributed by atoms with E-state index < -0.39 is 0 Å². The number of piperidine rings is 1. The van der Waals surface area contributed by atoms with Gasteiger partial charge in [0.05, 0.1) is 0 Å². The number of rotatable bonds is 5. The normalized spacial score (nSPS) is 17.7. The summed E-state index contributed by atoms with van der Waals surface area (Å²) in [5, 5.41) is 6.42. The van der Waals surface area contributed by atoms with Crippen LogP contribution in [-0.4, -0.2) is 25.5 Å². The largest absolute Gasteiger partial charge is 0.355 e. The minimum atomic E-state index is 0.205. The van der Waals surface area contributed by atoms with Crippen LogP contribution in [0.3, 0.4) is 0 Å². The highest BCUT2D eigenvalue weighted by Gasteiger charge is 2.17. The number of amides is 1. The summed E-state index contributed by atoms with van der Waals surface area (Å²) in [6.07, 6.45) is 2.93. The van der Waals surface area contributed by atoms with Gasteiger partial charge in [0.1, 0.15) is 0 Å². The van der Waals surface area contributed by atoms with E-state index >= 15 is 0 Å². The highest BCUT2D eigenvalue weighted by Crippen LogP contribution is 2.17. The summed E-state index contributed by atoms with van der Waals surface area (Å²) in [7, 11) is 0. The molecule has 0 saturated carbocycles. The smallest absolute Gasteiger partial charge is 0.220 e. The van der Waals surface area contributed by atoms with Crippen LogP contribution >= 0.6 is 0 Å². The van der Waals surface area contributed by atoms with Crippen LogP contribution in [-0.2, 0) is 4.79 Å². The van der Waals surface area contributed by atoms with Crippen molar-refractivity contribution < 1.29 is 4.79 Å². The van der Waals surface area contributed by atoms with Gasteiger partial charge in [-0.15, -0.1) is 0 Å². The molecule has 3 nitrogen and oxygen atoms in total. The molecule has 0 bridgehead atoms. The number of aryl methyl sites for hydroxylation is 1. The van der Waals surface area contributed by atoms with Crippen molar-refractivity contribution in [2.45, 2.75) is 39.0 Å². The highest BCUT2D eigenvalue weighted by atomic mass is 16.1. The first-order chi connectivity index (χ1) is 9.65. The fourth-order valence-electron chi connectivity index (χ4n) is 2.78. The first-order valence-electron chi connectivity index (χ1n) is 7.69. The van der Waals surface area contributed by atoms with E-state index in [-0.39, 0.29) is 5.91 Å². The Kier molecular flexibility index (Phi) is 5.60. The van der Waals surface area contributed by atoms with Crippen LogP contribution in [0.15, 0.2) is 24.3 Å². The van der Waals surface area contributed by atoms with E-state index in [1.54, 1.807) is 0 Å². The van der Waals surface area contributed by atoms with Gasteiger partial charge in [-0.25, -0.2) is 0 Å². The number of hydrogen-bond donors (Lipinski definition) is 2. The van der Waals surface area contributed by atoms with E-state index in [1.807, 2.05) is 0 Å². The molecule has 3 heteroatoms. The zero-order valence-electron chi connectivity index (χ0n) is 12.6. The summed E-state index contributed by atoms with van der Waals surface area (Å²) < 4.78 is 0. The van der Waals surface area contributed by atoms with Gasteiger partial charge in [-0.05, 0) is 50.3 Å². The number of nitrogens with one attached hydrogen (secondary N) is 2. The van der Waals surface area contributed by atoms with Crippen LogP contribution in [0.4, 0.5) is 0 Å². The van der Waals surface area contributed by atoms with Gasteiger partial charge in [-0.2, -0.15) is 0 Å². The molecule has 0 aliphatic carbocycles. The van der Waals surface area contributed by atoms with Gasteiger partial charge in [0.15, 0.2) is 0 Å². The summed E-state index contributed by atoms with van der Waals surface area (Å²) in [6, 6.07) is 8.52. The van der Waals surface area contributed by atoms with Gasteiger partial charge in [-0.1, -0.05) is 36.8 Å². The second-order valence-corrected chi connectivity index (χ2v) is 6.02. The maximum absolute atomic E-state index is 12.0. The predicted molar refractivity (Wildman–Crippen MR) is 82.8 cm³/mol. The Hall–Kier alpha value is -1.35. The molecule has 1 saturated heterocycles. The van der Waals surface area contributed by atoms with Gasteiger partial charge in [0.25, 0.3) is 0 Å². The number of benzene rings is 1. The minimum Gasteiger partial charge on any atom is -0.355 e. The molecule has 1 aromatic rings. The zero-order chi connectivity index (χ0) is 14.4. The van der Waals surface area contributed by atoms with E-state index in [0.717, 1.165) is 32.5 Å². The van der Waals surface area contributed by atoms with Gasteiger partial charge < -0.3 is 10.6 Å². The molecular formula is C17H26N2O. The topological polar surface area (TPSA) is 41.1 Å². The van der Waals surface area contributed by atoms with E-state index in [2.05, 4.69) is 48.7 Å². The van der Waals surface area contributed by atoms with E-state index in [0.29, 0.717) is 18.3 Å². The molecule has 0 radical (unpaired) electrons. The monoisotopic (exact) mass is 274 g/mol. The van der Waals surface area contributed by atoms with E-state index in [4.69, 9.17) is 0 Å². The standard InChI is InChI=1S/C17H26N2O/c1-13-4-3-5-16(10-13)14(2)12-19-17(20)11-15-6-8-18-9-7-15/h3-5,10,14-15,18H,6-9,11-12H2,1-2H3,(H,19,20)/t14-/m1/s1. The molecule has 2 N–H and O–H groups in total. The highest BCUT2D eigenvalue weighted by molar-refractivity contribution is 5.76. The summed E-state index contributed by atoms with van der Waals surface area (Å²) in [6.45, 7) is 7.11. The molecule has 1 heterocycles. The Bertz CT molecular complexity index is 438. The molecule has 1 atom stereocenters. The lowest BCUT2D eigenvalue weighted by Gasteiger charge is -2.22. The van der Waals surface area contributed by atoms with Crippen LogP contribution in [0.2, 0.25) is 0 Å². The maximum Gasteiger partial charge on any atom is 0.220 e. The number of hydrogen-bond acceptors (Lipinski definition) is 2. The lowest BCUT2D eigenvalue weighted by atomic mass is 9.94. The Balaban J connectivity index is 1.75. The average molecular weight is 274 g/mol. The molecule has 20 heavy (non-hydrogen) atoms. The zero-order valence-corrected chi connectivity index (χ0v) is 12.6. The van der Waals surface area contributed by atoms with Gasteiger partial charge >= 0.3 is 0 Å². The van der Waals surface area contributed by atoms with Crippen molar-refractivity contribution >= 4 is 5.91 Å². The van der Waals surface area contributed by atoms with Gasteiger partial charge in [0.2, 0.25) is 5.91 Å². The van der Waals surface area contributed by atoms with Crippen LogP contribution in [0.25, 0.3) is 0 Å². The van der Waals surface area contributed by atoms with Crippen molar-refractivity contribution in [3.63, 3.8) is 0 Å². The molecule has 0 unspecified atom stereocenters. The van der Waals surface area contributed by atoms with Gasteiger partial charge in [-0.3, -0.25) is 4.79 Å². The molecule has 2 rings (SSSR count). The molecule has 1 aliphatic rings. The van der Waals surface area contributed by atoms with Crippen LogP contribution in [0.5, 0.6) is 0 Å². The van der Waals surface area contributed by atoms with Crippen molar-refractivity contribution in [3.8, 4) is 0 Å². The van der Waals surface area contributed by atoms with Crippen LogP contribution in [0, 0.1) is 12.8 Å². The third-order valence-electron chi connectivity index (χ3n) is 4.15. The Labute approximate surface area is 122 Å². The first kappa shape index (κ1) is 15.0. The number of carbonyl (C=O) groups is 1. The SMILES string of the molecule is Cc1cccc([C@H](C)CNC(=O)CC2CCNCC2)c1. The third kappa shape index (κ3) is 4.64. The lowest BCUT2D eigenvalue weighted by molar-refractivity contribution is -0.122. The Morgan fingerprint density at radius 1 is 1.40 bits per heavy atom. The molecule has 1 fully saturated rings. The molecule has 1 amide bonds. The molecule has 1 aromatic carbocycles. The van der Waals surface area contributed by atoms with Crippen molar-refractivity contribution in [2.75, 3.05) is 19.6 Å². The van der Waals surface area contributed by atoms with Crippen LogP contribution in [0.1, 0.15) is 43.2 Å². The van der Waals surface area contributed by atoms with Crippen molar-refractivity contribution in [1.82, 2.24) is 10.6 Å². The summed E-state index contributed by atoms with van der Waals surface area (Å²) >= 11 is 0. The Morgan fingerprint density at radius 3 is 2.85 bits per heavy atom. The van der Waals surface area contributed by atoms with E-state index in [1.165, 1.54) is 11.1 Å². The molecule has 0 spiro atoms. The Morgan fingerprint density at radius 2 is 2.15 bits per heavy atom. The fourth-order valence-corrected chi connectivity index (χ4v) is 2.78. The van der Waals surface area contributed by atoms with Crippen LogP contribution < -0.4 is 10.6 Å². The minimum absolute atomic E-state index is 0.205. The predicted octanol–water partition coefficient (Wildman–Crippen LogP) is 2.60. The lowest BCUT2D eigenvalue weighted by Crippen LogP contribution is -2.33. The average Bonchev–Trinajstić information content (AvgIpc) is 2.46. The van der Waals surface area contributed by atoms with Crippen molar-refractivity contribution in [1.29, 1.82) is 0 Å². The van der Waals surface area contributed by atoms with Crippen molar-refractivity contribution in [2.24, 2.45) is 5.92 Å².